The van der Waals surface area contributed by atoms with E-state index in [1.807, 2.05) is 24.3 Å². The topological polar surface area (TPSA) is 47.9 Å². The van der Waals surface area contributed by atoms with Gasteiger partial charge in [-0.1, -0.05) is 70.7 Å². The summed E-state index contributed by atoms with van der Waals surface area (Å²) in [6, 6.07) is 7.93. The summed E-state index contributed by atoms with van der Waals surface area (Å²) in [4.78, 5) is 0. The van der Waals surface area contributed by atoms with Crippen LogP contribution in [0.5, 0.6) is 5.75 Å². The molecule has 0 fully saturated rings. The molecule has 36 heavy (non-hydrogen) atoms. The molecule has 0 amide bonds. The molecule has 1 aromatic rings. The van der Waals surface area contributed by atoms with Crippen molar-refractivity contribution >= 4 is 16.4 Å². The van der Waals surface area contributed by atoms with Gasteiger partial charge in [-0.25, -0.2) is 0 Å². The lowest BCUT2D eigenvalue weighted by atomic mass is 9.93. The molecule has 2 atom stereocenters. The highest BCUT2D eigenvalue weighted by Gasteiger charge is 2.36. The molecule has 0 saturated heterocycles. The van der Waals surface area contributed by atoms with Crippen LogP contribution >= 0.6 is 0 Å². The number of hydrogen-bond donors (Lipinski definition) is 1. The smallest absolute Gasteiger partial charge is 0.191 e. The first kappa shape index (κ1) is 33.1. The molecule has 1 rings (SSSR count). The Balaban J connectivity index is 2.41. The summed E-state index contributed by atoms with van der Waals surface area (Å²) in [7, 11) is -1.26. The summed E-state index contributed by atoms with van der Waals surface area (Å²) in [5.74, 6) is 1.12. The third-order valence-electron chi connectivity index (χ3n) is 7.36. The second-order valence-corrected chi connectivity index (χ2v) is 22.8. The van der Waals surface area contributed by atoms with E-state index in [9.17, 15) is 5.11 Å². The Kier molecular flexibility index (Phi) is 14.2. The van der Waals surface area contributed by atoms with E-state index >= 15 is 0 Å². The van der Waals surface area contributed by atoms with Crippen molar-refractivity contribution in [2.45, 2.75) is 117 Å². The highest BCUT2D eigenvalue weighted by molar-refractivity contribution is 6.81. The van der Waals surface area contributed by atoms with E-state index < -0.39 is 16.4 Å². The van der Waals surface area contributed by atoms with Gasteiger partial charge in [-0.2, -0.15) is 0 Å². The average Bonchev–Trinajstić information content (AvgIpc) is 2.78. The lowest BCUT2D eigenvalue weighted by Gasteiger charge is -2.36. The zero-order chi connectivity index (χ0) is 27.4. The van der Waals surface area contributed by atoms with Crippen molar-refractivity contribution in [2.75, 3.05) is 20.3 Å². The number of methoxy groups -OCH3 is 1. The molecular weight excluding hydrogens is 480 g/mol. The van der Waals surface area contributed by atoms with E-state index in [4.69, 9.17) is 13.9 Å². The third-order valence-corrected chi connectivity index (χ3v) is 13.2. The molecule has 0 heterocycles. The maximum Gasteiger partial charge on any atom is 0.191 e. The number of rotatable bonds is 17. The molecule has 0 aromatic heterocycles. The molecule has 1 aromatic carbocycles. The third kappa shape index (κ3) is 13.6. The predicted octanol–water partition coefficient (Wildman–Crippen LogP) is 8.38. The summed E-state index contributed by atoms with van der Waals surface area (Å²) >= 11 is 0. The lowest BCUT2D eigenvalue weighted by Crippen LogP contribution is -2.40. The monoisotopic (exact) mass is 536 g/mol. The molecule has 0 unspecified atom stereocenters. The van der Waals surface area contributed by atoms with Crippen LogP contribution in [0, 0.1) is 5.92 Å². The van der Waals surface area contributed by atoms with Gasteiger partial charge < -0.3 is 19.0 Å². The van der Waals surface area contributed by atoms with E-state index in [-0.39, 0.29) is 17.1 Å². The van der Waals surface area contributed by atoms with E-state index in [2.05, 4.69) is 66.1 Å². The van der Waals surface area contributed by atoms with Crippen LogP contribution < -0.4 is 4.74 Å². The largest absolute Gasteiger partial charge is 0.497 e. The minimum absolute atomic E-state index is 0.265. The fourth-order valence-electron chi connectivity index (χ4n) is 3.89. The number of ether oxygens (including phenoxy) is 2. The summed E-state index contributed by atoms with van der Waals surface area (Å²) < 4.78 is 17.4. The van der Waals surface area contributed by atoms with Crippen molar-refractivity contribution in [1.82, 2.24) is 0 Å². The number of unbranched alkanes of at least 4 members (excludes halogenated alkanes) is 1. The Morgan fingerprint density at radius 2 is 1.58 bits per heavy atom. The maximum atomic E-state index is 10.7. The first-order valence-corrected chi connectivity index (χ1v) is 20.4. The van der Waals surface area contributed by atoms with Gasteiger partial charge in [0.1, 0.15) is 5.75 Å². The van der Waals surface area contributed by atoms with Gasteiger partial charge in [0, 0.05) is 13.2 Å². The first-order valence-electron chi connectivity index (χ1n) is 13.9. The van der Waals surface area contributed by atoms with Gasteiger partial charge in [-0.3, -0.25) is 0 Å². The predicted molar refractivity (Wildman–Crippen MR) is 160 cm³/mol. The number of aliphatic hydroxyl groups is 1. The molecule has 0 aliphatic rings. The van der Waals surface area contributed by atoms with Gasteiger partial charge in [0.2, 0.25) is 0 Å². The van der Waals surface area contributed by atoms with E-state index in [0.717, 1.165) is 43.6 Å². The molecule has 1 N–H and O–H groups in total. The van der Waals surface area contributed by atoms with Crippen LogP contribution in [-0.2, 0) is 15.8 Å². The Bertz CT molecular complexity index is 761. The Morgan fingerprint density at radius 3 is 2.14 bits per heavy atom. The summed E-state index contributed by atoms with van der Waals surface area (Å²) in [5, 5.41) is 11.0. The fourth-order valence-corrected chi connectivity index (χ4v) is 6.49. The second kappa shape index (κ2) is 15.5. The molecule has 208 valence electrons. The highest BCUT2D eigenvalue weighted by Crippen LogP contribution is 2.36. The van der Waals surface area contributed by atoms with Gasteiger partial charge in [0.15, 0.2) is 8.32 Å². The Morgan fingerprint density at radius 1 is 0.944 bits per heavy atom. The first-order chi connectivity index (χ1) is 16.6. The zero-order valence-corrected chi connectivity index (χ0v) is 27.1. The quantitative estimate of drug-likeness (QED) is 0.160. The number of aliphatic hydroxyl groups excluding tert-OH is 1. The molecule has 0 bridgehead atoms. The van der Waals surface area contributed by atoms with Gasteiger partial charge in [-0.05, 0) is 80.3 Å². The van der Waals surface area contributed by atoms with E-state index in [0.29, 0.717) is 19.6 Å². The van der Waals surface area contributed by atoms with E-state index in [1.165, 1.54) is 6.42 Å². The van der Waals surface area contributed by atoms with Crippen LogP contribution in [0.15, 0.2) is 35.5 Å². The molecule has 6 heteroatoms. The van der Waals surface area contributed by atoms with Gasteiger partial charge in [-0.15, -0.1) is 0 Å². The van der Waals surface area contributed by atoms with Gasteiger partial charge >= 0.3 is 0 Å². The molecule has 0 saturated carbocycles. The number of hydrogen-bond acceptors (Lipinski definition) is 4. The van der Waals surface area contributed by atoms with Crippen LogP contribution in [0.25, 0.3) is 0 Å². The Hall–Kier alpha value is -0.926. The molecule has 0 spiro atoms. The standard InChI is InChI=1S/C30H56O4Si2/c1-25(29(31)20-22-33-23-26-16-18-28(32-5)19-17-26)14-15-27(24-35(6,7)8)13-11-12-21-34-36(9,10)30(2,3)4/h16-19,24-25,29,31H,11-15,20-23H2,1-10H3/b27-24-/t25-,29+/m1/s1. The van der Waals surface area contributed by atoms with Crippen LogP contribution in [0.4, 0.5) is 0 Å². The van der Waals surface area contributed by atoms with Crippen molar-refractivity contribution in [3.63, 3.8) is 0 Å². The normalized spacial score (nSPS) is 15.1. The minimum atomic E-state index is -1.65. The number of benzene rings is 1. The van der Waals surface area contributed by atoms with Crippen molar-refractivity contribution in [3.8, 4) is 5.75 Å². The van der Waals surface area contributed by atoms with Crippen molar-refractivity contribution in [1.29, 1.82) is 0 Å². The lowest BCUT2D eigenvalue weighted by molar-refractivity contribution is 0.0474. The SMILES string of the molecule is COc1ccc(COCC[C@H](O)[C@H](C)CC/C(=C\[Si](C)(C)C)CCCCO[Si](C)(C)C(C)(C)C)cc1. The maximum absolute atomic E-state index is 10.7. The van der Waals surface area contributed by atoms with Crippen LogP contribution in [0.3, 0.4) is 0 Å². The summed E-state index contributed by atoms with van der Waals surface area (Å²) in [6.07, 6.45) is 5.91. The summed E-state index contributed by atoms with van der Waals surface area (Å²) in [6.45, 7) is 23.0. The number of allylic oxidation sites excluding steroid dienone is 1. The molecule has 0 radical (unpaired) electrons. The molecular formula is C30H56O4Si2. The van der Waals surface area contributed by atoms with Gasteiger partial charge in [0.25, 0.3) is 0 Å². The fraction of sp³-hybridized carbons (Fsp3) is 0.733. The molecule has 0 aliphatic carbocycles. The Labute approximate surface area is 225 Å². The minimum Gasteiger partial charge on any atom is -0.497 e. The second-order valence-electron chi connectivity index (χ2n) is 13.0. The average molecular weight is 537 g/mol. The molecule has 4 nitrogen and oxygen atoms in total. The highest BCUT2D eigenvalue weighted by atomic mass is 28.4. The van der Waals surface area contributed by atoms with E-state index in [1.54, 1.807) is 12.7 Å². The van der Waals surface area contributed by atoms with Crippen molar-refractivity contribution < 1.29 is 19.0 Å². The van der Waals surface area contributed by atoms with Crippen LogP contribution in [-0.4, -0.2) is 47.9 Å². The van der Waals surface area contributed by atoms with Crippen LogP contribution in [0.2, 0.25) is 37.8 Å². The van der Waals surface area contributed by atoms with Crippen LogP contribution in [0.1, 0.15) is 71.8 Å². The zero-order valence-electron chi connectivity index (χ0n) is 25.1. The van der Waals surface area contributed by atoms with Crippen molar-refractivity contribution in [2.24, 2.45) is 5.92 Å². The van der Waals surface area contributed by atoms with Crippen molar-refractivity contribution in [3.05, 3.63) is 41.1 Å². The summed E-state index contributed by atoms with van der Waals surface area (Å²) in [5.41, 5.74) is 5.28. The van der Waals surface area contributed by atoms with Gasteiger partial charge in [0.05, 0.1) is 27.9 Å². The molecule has 0 aliphatic heterocycles.